The molecule has 0 aliphatic carbocycles. The first-order valence-corrected chi connectivity index (χ1v) is 9.01. The second-order valence-corrected chi connectivity index (χ2v) is 7.98. The van der Waals surface area contributed by atoms with Crippen molar-refractivity contribution in [1.82, 2.24) is 0 Å². The van der Waals surface area contributed by atoms with E-state index in [0.717, 1.165) is 11.3 Å². The quantitative estimate of drug-likeness (QED) is 0.825. The number of aliphatic hydroxyl groups excluding tert-OH is 1. The minimum atomic E-state index is -3.38. The molecule has 0 heterocycles. The molecule has 2 aromatic carbocycles. The molecular formula is C18H22NO3P. The molecule has 0 amide bonds. The van der Waals surface area contributed by atoms with E-state index in [0.29, 0.717) is 5.30 Å². The molecule has 0 aliphatic rings. The molecule has 2 aromatic rings. The number of rotatable bonds is 6. The summed E-state index contributed by atoms with van der Waals surface area (Å²) >= 11 is 0. The highest BCUT2D eigenvalue weighted by molar-refractivity contribution is 7.67. The Kier molecular flexibility index (Phi) is 5.78. The van der Waals surface area contributed by atoms with Crippen LogP contribution in [-0.4, -0.2) is 32.2 Å². The van der Waals surface area contributed by atoms with Crippen molar-refractivity contribution >= 4 is 24.4 Å². The molecule has 0 aliphatic heterocycles. The first kappa shape index (κ1) is 17.5. The molecule has 5 heteroatoms. The van der Waals surface area contributed by atoms with Crippen LogP contribution in [0, 0.1) is 0 Å². The van der Waals surface area contributed by atoms with Crippen molar-refractivity contribution in [3.05, 3.63) is 66.2 Å². The van der Waals surface area contributed by atoms with Gasteiger partial charge in [0.25, 0.3) is 7.37 Å². The van der Waals surface area contributed by atoms with E-state index in [9.17, 15) is 9.67 Å². The van der Waals surface area contributed by atoms with Crippen LogP contribution in [0.5, 0.6) is 0 Å². The molecule has 4 nitrogen and oxygen atoms in total. The van der Waals surface area contributed by atoms with Crippen molar-refractivity contribution in [2.24, 2.45) is 0 Å². The van der Waals surface area contributed by atoms with E-state index in [2.05, 4.69) is 0 Å². The Bertz CT molecular complexity index is 696. The average molecular weight is 331 g/mol. The molecule has 1 N–H and O–H groups in total. The predicted molar refractivity (Wildman–Crippen MR) is 96.5 cm³/mol. The molecule has 122 valence electrons. The second-order valence-electron chi connectivity index (χ2n) is 5.37. The van der Waals surface area contributed by atoms with E-state index in [-0.39, 0.29) is 0 Å². The van der Waals surface area contributed by atoms with Crippen LogP contribution in [0.3, 0.4) is 0 Å². The summed E-state index contributed by atoms with van der Waals surface area (Å²) in [6, 6.07) is 16.7. The fourth-order valence-corrected chi connectivity index (χ4v) is 3.81. The average Bonchev–Trinajstić information content (AvgIpc) is 2.59. The van der Waals surface area contributed by atoms with Gasteiger partial charge in [-0.25, -0.2) is 0 Å². The van der Waals surface area contributed by atoms with Crippen LogP contribution in [0.4, 0.5) is 5.69 Å². The van der Waals surface area contributed by atoms with Crippen molar-refractivity contribution in [3.63, 3.8) is 0 Å². The Morgan fingerprint density at radius 3 is 2.22 bits per heavy atom. The van der Waals surface area contributed by atoms with Crippen LogP contribution < -0.4 is 10.2 Å². The van der Waals surface area contributed by atoms with Gasteiger partial charge < -0.3 is 14.5 Å². The van der Waals surface area contributed by atoms with Gasteiger partial charge in [-0.1, -0.05) is 36.4 Å². The van der Waals surface area contributed by atoms with Gasteiger partial charge in [0.1, 0.15) is 0 Å². The normalized spacial score (nSPS) is 15.3. The summed E-state index contributed by atoms with van der Waals surface area (Å²) in [4.78, 5) is 1.95. The molecule has 0 saturated heterocycles. The van der Waals surface area contributed by atoms with Crippen LogP contribution in [-0.2, 0) is 9.09 Å². The molecule has 0 radical (unpaired) electrons. The highest BCUT2D eigenvalue weighted by atomic mass is 31.2. The Morgan fingerprint density at radius 2 is 1.70 bits per heavy atom. The second kappa shape index (κ2) is 7.60. The zero-order chi connectivity index (χ0) is 16.9. The SMILES string of the molecule is COP(=O)(c1ccc(N(C)C)cc1)C(O)C=Cc1ccccc1. The molecule has 0 bridgehead atoms. The molecule has 23 heavy (non-hydrogen) atoms. The molecule has 0 saturated carbocycles. The maximum atomic E-state index is 13.0. The summed E-state index contributed by atoms with van der Waals surface area (Å²) in [7, 11) is 1.85. The third-order valence-electron chi connectivity index (χ3n) is 3.61. The Labute approximate surface area is 137 Å². The number of nitrogens with zero attached hydrogens (tertiary/aromatic N) is 1. The minimum absolute atomic E-state index is 0.496. The summed E-state index contributed by atoms with van der Waals surface area (Å²) in [5.74, 6) is -1.20. The number of hydrogen-bond acceptors (Lipinski definition) is 4. The molecule has 0 spiro atoms. The summed E-state index contributed by atoms with van der Waals surface area (Å²) < 4.78 is 18.3. The summed E-state index contributed by atoms with van der Waals surface area (Å²) in [5.41, 5.74) is 1.92. The van der Waals surface area contributed by atoms with E-state index in [4.69, 9.17) is 4.52 Å². The van der Waals surface area contributed by atoms with Crippen LogP contribution in [0.25, 0.3) is 6.08 Å². The van der Waals surface area contributed by atoms with Crippen LogP contribution in [0.15, 0.2) is 60.7 Å². The standard InChI is InChI=1S/C18H22NO3P/c1-19(2)16-10-12-17(13-11-16)23(21,22-3)18(20)14-9-15-7-5-4-6-8-15/h4-14,18,20H,1-3H3. The van der Waals surface area contributed by atoms with Gasteiger partial charge in [0.05, 0.1) is 0 Å². The minimum Gasteiger partial charge on any atom is -0.378 e. The van der Waals surface area contributed by atoms with Crippen molar-refractivity contribution in [2.45, 2.75) is 5.85 Å². The summed E-state index contributed by atoms with van der Waals surface area (Å²) in [6.07, 6.45) is 3.25. The van der Waals surface area contributed by atoms with Gasteiger partial charge in [0, 0.05) is 32.2 Å². The smallest absolute Gasteiger partial charge is 0.263 e. The van der Waals surface area contributed by atoms with E-state index in [1.165, 1.54) is 13.2 Å². The maximum Gasteiger partial charge on any atom is 0.263 e. The zero-order valence-electron chi connectivity index (χ0n) is 13.6. The molecule has 0 fully saturated rings. The number of aliphatic hydroxyl groups is 1. The highest BCUT2D eigenvalue weighted by Gasteiger charge is 2.32. The number of anilines is 1. The lowest BCUT2D eigenvalue weighted by Gasteiger charge is -2.21. The van der Waals surface area contributed by atoms with Crippen LogP contribution in [0.1, 0.15) is 5.56 Å². The van der Waals surface area contributed by atoms with E-state index < -0.39 is 13.2 Å². The Balaban J connectivity index is 2.25. The van der Waals surface area contributed by atoms with Crippen molar-refractivity contribution < 1.29 is 14.2 Å². The Morgan fingerprint density at radius 1 is 1.09 bits per heavy atom. The molecule has 2 atom stereocenters. The van der Waals surface area contributed by atoms with Crippen molar-refractivity contribution in [2.75, 3.05) is 26.1 Å². The van der Waals surface area contributed by atoms with Crippen LogP contribution >= 0.6 is 7.37 Å². The lowest BCUT2D eigenvalue weighted by atomic mass is 10.2. The molecule has 0 aromatic heterocycles. The zero-order valence-corrected chi connectivity index (χ0v) is 14.5. The van der Waals surface area contributed by atoms with Crippen LogP contribution in [0.2, 0.25) is 0 Å². The summed E-state index contributed by atoms with van der Waals surface area (Å²) in [5, 5.41) is 10.9. The summed E-state index contributed by atoms with van der Waals surface area (Å²) in [6.45, 7) is 0. The van der Waals surface area contributed by atoms with E-state index in [1.807, 2.05) is 61.5 Å². The maximum absolute atomic E-state index is 13.0. The van der Waals surface area contributed by atoms with Gasteiger partial charge in [-0.3, -0.25) is 4.57 Å². The fraction of sp³-hybridized carbons (Fsp3) is 0.222. The van der Waals surface area contributed by atoms with E-state index in [1.54, 1.807) is 18.2 Å². The fourth-order valence-electron chi connectivity index (χ4n) is 2.20. The van der Waals surface area contributed by atoms with Crippen molar-refractivity contribution in [3.8, 4) is 0 Å². The van der Waals surface area contributed by atoms with Gasteiger partial charge in [-0.05, 0) is 35.9 Å². The lowest BCUT2D eigenvalue weighted by Crippen LogP contribution is -2.17. The molecule has 2 rings (SSSR count). The molecule has 2 unspecified atom stereocenters. The third kappa shape index (κ3) is 4.11. The first-order valence-electron chi connectivity index (χ1n) is 7.32. The largest absolute Gasteiger partial charge is 0.378 e. The predicted octanol–water partition coefficient (Wildman–Crippen LogP) is 3.33. The van der Waals surface area contributed by atoms with Gasteiger partial charge in [-0.15, -0.1) is 0 Å². The van der Waals surface area contributed by atoms with Gasteiger partial charge in [0.15, 0.2) is 5.85 Å². The van der Waals surface area contributed by atoms with Crippen molar-refractivity contribution in [1.29, 1.82) is 0 Å². The lowest BCUT2D eigenvalue weighted by molar-refractivity contribution is 0.264. The highest BCUT2D eigenvalue weighted by Crippen LogP contribution is 2.49. The Hall–Kier alpha value is -1.87. The molecular weight excluding hydrogens is 309 g/mol. The number of hydrogen-bond donors (Lipinski definition) is 1. The topological polar surface area (TPSA) is 49.8 Å². The monoisotopic (exact) mass is 331 g/mol. The number of benzene rings is 2. The van der Waals surface area contributed by atoms with Gasteiger partial charge in [0.2, 0.25) is 0 Å². The van der Waals surface area contributed by atoms with Gasteiger partial charge in [-0.2, -0.15) is 0 Å². The van der Waals surface area contributed by atoms with E-state index >= 15 is 0 Å². The first-order chi connectivity index (χ1) is 11.0. The third-order valence-corrected chi connectivity index (χ3v) is 6.03. The van der Waals surface area contributed by atoms with Gasteiger partial charge >= 0.3 is 0 Å².